The number of aromatic nitrogens is 2. The minimum atomic E-state index is -0.682. The van der Waals surface area contributed by atoms with Gasteiger partial charge in [-0.15, -0.1) is 0 Å². The summed E-state index contributed by atoms with van der Waals surface area (Å²) in [6.07, 6.45) is 3.70. The van der Waals surface area contributed by atoms with Crippen LogP contribution in [0.15, 0.2) is 82.6 Å². The number of hydrogen-bond acceptors (Lipinski definition) is 7. The van der Waals surface area contributed by atoms with Crippen molar-refractivity contribution in [2.75, 3.05) is 0 Å². The third-order valence-corrected chi connectivity index (χ3v) is 5.09. The number of hydrazone groups is 1. The fraction of sp³-hybridized carbons (Fsp3) is 0.0909. The molecule has 0 saturated carbocycles. The summed E-state index contributed by atoms with van der Waals surface area (Å²) in [6.45, 7) is 0. The van der Waals surface area contributed by atoms with Crippen LogP contribution in [0.4, 0.5) is 5.88 Å². The van der Waals surface area contributed by atoms with Crippen LogP contribution in [0.1, 0.15) is 34.1 Å². The van der Waals surface area contributed by atoms with Gasteiger partial charge in [-0.05, 0) is 29.3 Å². The lowest BCUT2D eigenvalue weighted by atomic mass is 9.98. The number of benzene rings is 2. The molecule has 1 aliphatic rings. The minimum Gasteiger partial charge on any atom is -0.395 e. The first kappa shape index (κ1) is 18.6. The molecule has 152 valence electrons. The fourth-order valence-corrected chi connectivity index (χ4v) is 3.60. The first-order valence-corrected chi connectivity index (χ1v) is 9.51. The molecule has 0 spiro atoms. The molecule has 0 aliphatic carbocycles. The molecule has 9 heteroatoms. The molecule has 0 saturated heterocycles. The average Bonchev–Trinajstić information content (AvgIpc) is 3.47. The van der Waals surface area contributed by atoms with E-state index in [0.717, 1.165) is 28.4 Å². The number of fused-ring (bicyclic) bond motifs is 1. The molecule has 9 nitrogen and oxygen atoms in total. The van der Waals surface area contributed by atoms with Gasteiger partial charge in [-0.2, -0.15) is 5.10 Å². The molecular formula is C22H15N5O4. The normalized spacial score (nSPS) is 15.8. The van der Waals surface area contributed by atoms with Crippen molar-refractivity contribution in [3.05, 3.63) is 100 Å². The number of hydrogen-bond donors (Lipinski definition) is 0. The molecule has 0 unspecified atom stereocenters. The summed E-state index contributed by atoms with van der Waals surface area (Å²) in [5.74, 6) is -1.19. The van der Waals surface area contributed by atoms with Crippen molar-refractivity contribution < 1.29 is 14.1 Å². The zero-order valence-corrected chi connectivity index (χ0v) is 16.1. The first-order chi connectivity index (χ1) is 15.1. The monoisotopic (exact) mass is 413 g/mol. The van der Waals surface area contributed by atoms with Crippen molar-refractivity contribution in [1.29, 1.82) is 0 Å². The molecule has 2 aromatic heterocycles. The van der Waals surface area contributed by atoms with E-state index in [1.54, 1.807) is 12.4 Å². The molecule has 4 aromatic rings. The summed E-state index contributed by atoms with van der Waals surface area (Å²) in [4.78, 5) is 32.1. The Morgan fingerprint density at radius 2 is 1.81 bits per heavy atom. The summed E-state index contributed by atoms with van der Waals surface area (Å²) in [5.41, 5.74) is 3.91. The van der Waals surface area contributed by atoms with Crippen molar-refractivity contribution >= 4 is 28.5 Å². The van der Waals surface area contributed by atoms with E-state index >= 15 is 0 Å². The smallest absolute Gasteiger partial charge is 0.395 e. The fourth-order valence-electron chi connectivity index (χ4n) is 3.60. The molecule has 0 bridgehead atoms. The predicted molar refractivity (Wildman–Crippen MR) is 111 cm³/mol. The molecule has 0 radical (unpaired) electrons. The van der Waals surface area contributed by atoms with Crippen molar-refractivity contribution in [2.45, 2.75) is 12.5 Å². The Morgan fingerprint density at radius 1 is 1.03 bits per heavy atom. The zero-order valence-electron chi connectivity index (χ0n) is 16.1. The maximum Gasteiger partial charge on any atom is 0.433 e. The number of furan rings is 1. The van der Waals surface area contributed by atoms with Crippen molar-refractivity contribution in [3.63, 3.8) is 0 Å². The standard InChI is InChI=1S/C22H15N5O4/c28-22(20-8-9-21(31-20)27(29)30)26-19(13-17(25-26)14-4-2-1-3-5-14)15-6-7-16-18(12-15)24-11-10-23-16/h1-12,19H,13H2/t19-/m1/s1. The van der Waals surface area contributed by atoms with Crippen LogP contribution >= 0.6 is 0 Å². The predicted octanol–water partition coefficient (Wildman–Crippen LogP) is 4.12. The maximum atomic E-state index is 13.2. The summed E-state index contributed by atoms with van der Waals surface area (Å²) in [6, 6.07) is 17.2. The molecule has 31 heavy (non-hydrogen) atoms. The minimum absolute atomic E-state index is 0.143. The number of carbonyl (C=O) groups is 1. The quantitative estimate of drug-likeness (QED) is 0.367. The highest BCUT2D eigenvalue weighted by Gasteiger charge is 2.35. The topological polar surface area (TPSA) is 115 Å². The lowest BCUT2D eigenvalue weighted by Crippen LogP contribution is -2.26. The molecule has 1 aliphatic heterocycles. The molecule has 5 rings (SSSR count). The third-order valence-electron chi connectivity index (χ3n) is 5.09. The Kier molecular flexibility index (Phi) is 4.47. The van der Waals surface area contributed by atoms with E-state index in [2.05, 4.69) is 15.1 Å². The van der Waals surface area contributed by atoms with Crippen molar-refractivity contribution in [2.24, 2.45) is 5.10 Å². The van der Waals surface area contributed by atoms with E-state index in [9.17, 15) is 14.9 Å². The van der Waals surface area contributed by atoms with Gasteiger partial charge in [-0.1, -0.05) is 36.4 Å². The van der Waals surface area contributed by atoms with E-state index < -0.39 is 22.8 Å². The van der Waals surface area contributed by atoms with Crippen LogP contribution in [0.3, 0.4) is 0 Å². The van der Waals surface area contributed by atoms with Gasteiger partial charge in [0.1, 0.15) is 4.92 Å². The van der Waals surface area contributed by atoms with Crippen LogP contribution in [-0.2, 0) is 0 Å². The summed E-state index contributed by atoms with van der Waals surface area (Å²) < 4.78 is 5.13. The number of nitro groups is 1. The number of carbonyl (C=O) groups excluding carboxylic acids is 1. The maximum absolute atomic E-state index is 13.2. The van der Waals surface area contributed by atoms with Gasteiger partial charge in [0.2, 0.25) is 5.76 Å². The molecule has 1 amide bonds. The largest absolute Gasteiger partial charge is 0.433 e. The van der Waals surface area contributed by atoms with Gasteiger partial charge in [-0.3, -0.25) is 24.9 Å². The second-order valence-electron chi connectivity index (χ2n) is 6.98. The van der Waals surface area contributed by atoms with E-state index in [0.29, 0.717) is 11.9 Å². The van der Waals surface area contributed by atoms with Gasteiger partial charge in [0.25, 0.3) is 0 Å². The van der Waals surface area contributed by atoms with Gasteiger partial charge in [0, 0.05) is 18.8 Å². The SMILES string of the molecule is O=C(c1ccc([N+](=O)[O-])o1)N1N=C(c2ccccc2)C[C@@H]1c1ccc2nccnc2c1. The van der Waals surface area contributed by atoms with E-state index in [-0.39, 0.29) is 5.76 Å². The van der Waals surface area contributed by atoms with E-state index in [1.165, 1.54) is 11.1 Å². The number of nitrogens with zero attached hydrogens (tertiary/aromatic N) is 5. The molecule has 1 atom stereocenters. The van der Waals surface area contributed by atoms with Gasteiger partial charge in [0.15, 0.2) is 0 Å². The number of amides is 1. The van der Waals surface area contributed by atoms with Gasteiger partial charge in [0.05, 0.1) is 28.9 Å². The Labute approximate surface area is 175 Å². The van der Waals surface area contributed by atoms with Crippen LogP contribution in [0.25, 0.3) is 11.0 Å². The summed E-state index contributed by atoms with van der Waals surface area (Å²) >= 11 is 0. The highest BCUT2D eigenvalue weighted by molar-refractivity contribution is 6.04. The lowest BCUT2D eigenvalue weighted by Gasteiger charge is -2.21. The van der Waals surface area contributed by atoms with Gasteiger partial charge in [-0.25, -0.2) is 5.01 Å². The zero-order chi connectivity index (χ0) is 21.4. The molecule has 2 aromatic carbocycles. The van der Waals surface area contributed by atoms with Crippen LogP contribution in [-0.4, -0.2) is 31.5 Å². The molecule has 0 fully saturated rings. The Morgan fingerprint density at radius 3 is 2.55 bits per heavy atom. The average molecular weight is 413 g/mol. The molecule has 0 N–H and O–H groups in total. The van der Waals surface area contributed by atoms with Crippen molar-refractivity contribution in [3.8, 4) is 0 Å². The van der Waals surface area contributed by atoms with Crippen LogP contribution in [0.5, 0.6) is 0 Å². The van der Waals surface area contributed by atoms with Crippen LogP contribution in [0.2, 0.25) is 0 Å². The Balaban J connectivity index is 1.56. The second-order valence-corrected chi connectivity index (χ2v) is 6.98. The van der Waals surface area contributed by atoms with E-state index in [4.69, 9.17) is 4.42 Å². The lowest BCUT2D eigenvalue weighted by molar-refractivity contribution is -0.402. The van der Waals surface area contributed by atoms with E-state index in [1.807, 2.05) is 48.5 Å². The number of rotatable bonds is 4. The summed E-state index contributed by atoms with van der Waals surface area (Å²) in [7, 11) is 0. The Hall–Kier alpha value is -4.40. The van der Waals surface area contributed by atoms with Gasteiger partial charge < -0.3 is 4.42 Å². The highest BCUT2D eigenvalue weighted by atomic mass is 16.6. The molecule has 3 heterocycles. The van der Waals surface area contributed by atoms with Crippen LogP contribution < -0.4 is 0 Å². The summed E-state index contributed by atoms with van der Waals surface area (Å²) in [5, 5.41) is 16.8. The second kappa shape index (κ2) is 7.45. The van der Waals surface area contributed by atoms with Crippen LogP contribution in [0, 0.1) is 10.1 Å². The van der Waals surface area contributed by atoms with Gasteiger partial charge >= 0.3 is 11.8 Å². The Bertz CT molecular complexity index is 1330. The molecular weight excluding hydrogens is 398 g/mol. The van der Waals surface area contributed by atoms with Crippen molar-refractivity contribution in [1.82, 2.24) is 15.0 Å². The first-order valence-electron chi connectivity index (χ1n) is 9.51. The third kappa shape index (κ3) is 3.42. The highest BCUT2D eigenvalue weighted by Crippen LogP contribution is 2.35.